The van der Waals surface area contributed by atoms with Crippen LogP contribution in [-0.2, 0) is 0 Å². The van der Waals surface area contributed by atoms with Gasteiger partial charge >= 0.3 is 0 Å². The number of benzene rings is 2. The highest BCUT2D eigenvalue weighted by Crippen LogP contribution is 2.21. The maximum absolute atomic E-state index is 12.8. The highest BCUT2D eigenvalue weighted by atomic mass is 32.2. The second-order valence-electron chi connectivity index (χ2n) is 7.13. The summed E-state index contributed by atoms with van der Waals surface area (Å²) in [6, 6.07) is 15.7. The van der Waals surface area contributed by atoms with Crippen molar-refractivity contribution in [1.82, 2.24) is 14.5 Å². The lowest BCUT2D eigenvalue weighted by molar-refractivity contribution is 0.102. The Hall–Kier alpha value is -2.77. The topological polar surface area (TPSA) is 53.4 Å². The fourth-order valence-electron chi connectivity index (χ4n) is 3.46. The van der Waals surface area contributed by atoms with Crippen molar-refractivity contribution in [2.75, 3.05) is 49.7 Å². The molecular formula is C22H25N5OS. The molecule has 1 amide bonds. The minimum Gasteiger partial charge on any atom is -0.369 e. The number of imidazole rings is 1. The maximum atomic E-state index is 12.8. The first-order valence-corrected chi connectivity index (χ1v) is 10.9. The van der Waals surface area contributed by atoms with Gasteiger partial charge in [-0.2, -0.15) is 0 Å². The fraction of sp³-hybridized carbons (Fsp3) is 0.273. The molecule has 7 heteroatoms. The first-order chi connectivity index (χ1) is 14.1. The predicted octanol–water partition coefficient (Wildman–Crippen LogP) is 3.60. The van der Waals surface area contributed by atoms with Gasteiger partial charge in [0.2, 0.25) is 0 Å². The average Bonchev–Trinajstić information content (AvgIpc) is 3.24. The molecule has 0 bridgehead atoms. The van der Waals surface area contributed by atoms with Crippen LogP contribution in [-0.4, -0.2) is 59.8 Å². The van der Waals surface area contributed by atoms with E-state index in [4.69, 9.17) is 0 Å². The lowest BCUT2D eigenvalue weighted by Gasteiger charge is -2.34. The molecule has 4 rings (SSSR count). The van der Waals surface area contributed by atoms with Crippen LogP contribution in [0, 0.1) is 0 Å². The van der Waals surface area contributed by atoms with Crippen molar-refractivity contribution in [3.63, 3.8) is 0 Å². The molecule has 0 saturated carbocycles. The van der Waals surface area contributed by atoms with E-state index in [2.05, 4.69) is 39.3 Å². The van der Waals surface area contributed by atoms with Gasteiger partial charge in [0.05, 0.1) is 0 Å². The van der Waals surface area contributed by atoms with Crippen LogP contribution in [0.15, 0.2) is 66.1 Å². The number of piperazine rings is 1. The van der Waals surface area contributed by atoms with Crippen LogP contribution in [0.3, 0.4) is 0 Å². The van der Waals surface area contributed by atoms with Gasteiger partial charge in [0.1, 0.15) is 0 Å². The number of carbonyl (C=O) groups is 1. The third kappa shape index (κ3) is 4.46. The lowest BCUT2D eigenvalue weighted by Crippen LogP contribution is -2.44. The van der Waals surface area contributed by atoms with Crippen molar-refractivity contribution in [3.8, 4) is 5.69 Å². The zero-order valence-electron chi connectivity index (χ0n) is 16.7. The summed E-state index contributed by atoms with van der Waals surface area (Å²) in [5, 5.41) is 3.89. The molecule has 1 aromatic heterocycles. The number of carbonyl (C=O) groups excluding carboxylic acids is 1. The molecule has 6 nitrogen and oxygen atoms in total. The normalized spacial score (nSPS) is 14.8. The summed E-state index contributed by atoms with van der Waals surface area (Å²) in [6.07, 6.45) is 5.65. The maximum Gasteiger partial charge on any atom is 0.255 e. The summed E-state index contributed by atoms with van der Waals surface area (Å²) < 4.78 is 1.98. The van der Waals surface area contributed by atoms with Gasteiger partial charge in [0.25, 0.3) is 5.91 Å². The summed E-state index contributed by atoms with van der Waals surface area (Å²) in [6.45, 7) is 4.20. The highest BCUT2D eigenvalue weighted by Gasteiger charge is 2.14. The predicted molar refractivity (Wildman–Crippen MR) is 119 cm³/mol. The summed E-state index contributed by atoms with van der Waals surface area (Å²) in [5.74, 6) is -0.120. The third-order valence-electron chi connectivity index (χ3n) is 5.17. The SMILES string of the molecule is CSc1nccn1-c1cccc(C(=O)Nc2ccc(N3CCN(C)CC3)cc2)c1. The van der Waals surface area contributed by atoms with Gasteiger partial charge < -0.3 is 15.1 Å². The molecule has 2 heterocycles. The lowest BCUT2D eigenvalue weighted by atomic mass is 10.1. The largest absolute Gasteiger partial charge is 0.369 e. The van der Waals surface area contributed by atoms with Crippen LogP contribution in [0.25, 0.3) is 5.69 Å². The van der Waals surface area contributed by atoms with E-state index < -0.39 is 0 Å². The quantitative estimate of drug-likeness (QED) is 0.655. The summed E-state index contributed by atoms with van der Waals surface area (Å²) in [4.78, 5) is 21.8. The number of aromatic nitrogens is 2. The Kier molecular flexibility index (Phi) is 5.87. The molecule has 3 aromatic rings. The zero-order chi connectivity index (χ0) is 20.2. The van der Waals surface area contributed by atoms with E-state index >= 15 is 0 Å². The Labute approximate surface area is 175 Å². The number of anilines is 2. The molecule has 1 saturated heterocycles. The minimum absolute atomic E-state index is 0.120. The molecule has 1 aliphatic heterocycles. The number of rotatable bonds is 5. The molecule has 1 aliphatic rings. The second-order valence-corrected chi connectivity index (χ2v) is 7.90. The molecular weight excluding hydrogens is 382 g/mol. The van der Waals surface area contributed by atoms with Crippen molar-refractivity contribution in [3.05, 3.63) is 66.5 Å². The summed E-state index contributed by atoms with van der Waals surface area (Å²) in [7, 11) is 2.15. The van der Waals surface area contributed by atoms with E-state index in [1.54, 1.807) is 18.0 Å². The van der Waals surface area contributed by atoms with E-state index in [1.807, 2.05) is 53.4 Å². The van der Waals surface area contributed by atoms with Crippen molar-refractivity contribution in [2.45, 2.75) is 5.16 Å². The van der Waals surface area contributed by atoms with Gasteiger partial charge in [-0.25, -0.2) is 4.98 Å². The molecule has 150 valence electrons. The number of nitrogens with zero attached hydrogens (tertiary/aromatic N) is 4. The second kappa shape index (κ2) is 8.71. The van der Waals surface area contributed by atoms with Gasteiger partial charge in [-0.1, -0.05) is 17.8 Å². The molecule has 2 aromatic carbocycles. The van der Waals surface area contributed by atoms with Gasteiger partial charge in [-0.15, -0.1) is 0 Å². The first kappa shape index (κ1) is 19.5. The molecule has 0 atom stereocenters. The summed E-state index contributed by atoms with van der Waals surface area (Å²) in [5.41, 5.74) is 3.53. The van der Waals surface area contributed by atoms with E-state index in [-0.39, 0.29) is 5.91 Å². The van der Waals surface area contributed by atoms with Crippen LogP contribution in [0.2, 0.25) is 0 Å². The van der Waals surface area contributed by atoms with Gasteiger partial charge in [0, 0.05) is 61.2 Å². The molecule has 0 radical (unpaired) electrons. The standard InChI is InChI=1S/C22H25N5OS/c1-25-12-14-26(15-13-25)19-8-6-18(7-9-19)24-21(28)17-4-3-5-20(16-17)27-11-10-23-22(27)29-2/h3-11,16H,12-15H2,1-2H3,(H,24,28). The van der Waals surface area contributed by atoms with Crippen LogP contribution in [0.1, 0.15) is 10.4 Å². The average molecular weight is 408 g/mol. The fourth-order valence-corrected chi connectivity index (χ4v) is 3.99. The van der Waals surface area contributed by atoms with E-state index in [0.29, 0.717) is 5.56 Å². The van der Waals surface area contributed by atoms with E-state index in [1.165, 1.54) is 5.69 Å². The number of nitrogens with one attached hydrogen (secondary N) is 1. The smallest absolute Gasteiger partial charge is 0.255 e. The van der Waals surface area contributed by atoms with Crippen LogP contribution in [0.4, 0.5) is 11.4 Å². The molecule has 0 unspecified atom stereocenters. The Morgan fingerprint density at radius 2 is 1.79 bits per heavy atom. The number of hydrogen-bond acceptors (Lipinski definition) is 5. The van der Waals surface area contributed by atoms with Crippen LogP contribution in [0.5, 0.6) is 0 Å². The number of hydrogen-bond donors (Lipinski definition) is 1. The molecule has 1 fully saturated rings. The molecule has 0 spiro atoms. The molecule has 1 N–H and O–H groups in total. The van der Waals surface area contributed by atoms with Crippen molar-refractivity contribution < 1.29 is 4.79 Å². The van der Waals surface area contributed by atoms with Crippen molar-refractivity contribution in [1.29, 1.82) is 0 Å². The van der Waals surface area contributed by atoms with E-state index in [0.717, 1.165) is 42.7 Å². The Morgan fingerprint density at radius 3 is 2.52 bits per heavy atom. The van der Waals surface area contributed by atoms with E-state index in [9.17, 15) is 4.79 Å². The Balaban J connectivity index is 1.45. The molecule has 29 heavy (non-hydrogen) atoms. The highest BCUT2D eigenvalue weighted by molar-refractivity contribution is 7.98. The number of likely N-dealkylation sites (N-methyl/N-ethyl adjacent to an activating group) is 1. The van der Waals surface area contributed by atoms with Gasteiger partial charge in [-0.3, -0.25) is 9.36 Å². The van der Waals surface area contributed by atoms with Crippen molar-refractivity contribution in [2.24, 2.45) is 0 Å². The van der Waals surface area contributed by atoms with Crippen molar-refractivity contribution >= 4 is 29.0 Å². The summed E-state index contributed by atoms with van der Waals surface area (Å²) >= 11 is 1.57. The Morgan fingerprint density at radius 1 is 1.03 bits per heavy atom. The number of amides is 1. The first-order valence-electron chi connectivity index (χ1n) is 9.67. The van der Waals surface area contributed by atoms with Crippen LogP contribution >= 0.6 is 11.8 Å². The minimum atomic E-state index is -0.120. The third-order valence-corrected chi connectivity index (χ3v) is 5.84. The van der Waals surface area contributed by atoms with Gasteiger partial charge in [-0.05, 0) is 55.8 Å². The monoisotopic (exact) mass is 407 g/mol. The molecule has 0 aliphatic carbocycles. The Bertz CT molecular complexity index is 977. The van der Waals surface area contributed by atoms with Crippen LogP contribution < -0.4 is 10.2 Å². The zero-order valence-corrected chi connectivity index (χ0v) is 17.5. The number of thioether (sulfide) groups is 1. The van der Waals surface area contributed by atoms with Gasteiger partial charge in [0.15, 0.2) is 5.16 Å².